The zero-order chi connectivity index (χ0) is 18.9. The van der Waals surface area contributed by atoms with Crippen molar-refractivity contribution >= 4 is 52.0 Å². The Morgan fingerprint density at radius 1 is 1.29 bits per heavy atom. The second-order valence-electron chi connectivity index (χ2n) is 6.80. The van der Waals surface area contributed by atoms with Gasteiger partial charge in [-0.2, -0.15) is 0 Å². The molecule has 0 radical (unpaired) electrons. The van der Waals surface area contributed by atoms with Crippen molar-refractivity contribution in [2.45, 2.75) is 23.3 Å². The number of carboxylic acid groups (broad SMARTS) is 1. The fourth-order valence-corrected chi connectivity index (χ4v) is 6.75. The third kappa shape index (κ3) is 2.81. The molecule has 0 saturated carbocycles. The van der Waals surface area contributed by atoms with E-state index in [0.717, 1.165) is 21.4 Å². The number of benzene rings is 2. The number of β-lactam (4-membered cyclic amide) rings is 1. The van der Waals surface area contributed by atoms with Crippen LogP contribution >= 0.6 is 23.7 Å². The minimum atomic E-state index is -1.35. The average Bonchev–Trinajstić information content (AvgIpc) is 3.13. The number of aliphatic carboxylic acids is 1. The summed E-state index contributed by atoms with van der Waals surface area (Å²) < 4.78 is 2.05. The van der Waals surface area contributed by atoms with Crippen molar-refractivity contribution < 1.29 is 49.4 Å². The molecule has 1 fully saturated rings. The Balaban J connectivity index is 0.00000192. The topological polar surface area (TPSA) is 83.9 Å². The first-order valence-corrected chi connectivity index (χ1v) is 10.2. The van der Waals surface area contributed by atoms with E-state index in [-0.39, 0.29) is 46.5 Å². The summed E-state index contributed by atoms with van der Waals surface area (Å²) in [5.74, 6) is -2.28. The largest absolute Gasteiger partial charge is 1.00 e. The number of hydrogen-bond acceptors (Lipinski definition) is 7. The number of carboxylic acids is 1. The third-order valence-corrected chi connectivity index (χ3v) is 7.61. The van der Waals surface area contributed by atoms with Gasteiger partial charge in [0, 0.05) is 15.2 Å². The van der Waals surface area contributed by atoms with Gasteiger partial charge in [-0.25, -0.2) is 0 Å². The van der Waals surface area contributed by atoms with Crippen LogP contribution in [0.5, 0.6) is 0 Å². The maximum absolute atomic E-state index is 12.3. The Labute approximate surface area is 192 Å². The van der Waals surface area contributed by atoms with Crippen LogP contribution in [-0.2, 0) is 9.59 Å². The van der Waals surface area contributed by atoms with Gasteiger partial charge in [-0.1, -0.05) is 36.0 Å². The molecule has 2 aromatic carbocycles. The predicted octanol–water partition coefficient (Wildman–Crippen LogP) is -1.46. The van der Waals surface area contributed by atoms with Crippen LogP contribution in [-0.4, -0.2) is 39.9 Å². The summed E-state index contributed by atoms with van der Waals surface area (Å²) in [5, 5.41) is 23.5. The van der Waals surface area contributed by atoms with E-state index < -0.39 is 18.0 Å². The summed E-state index contributed by atoms with van der Waals surface area (Å²) in [6.07, 6.45) is -0.812. The van der Waals surface area contributed by atoms with Gasteiger partial charge in [0.05, 0.1) is 35.9 Å². The number of carbonyl (C=O) groups excluding carboxylic acids is 2. The summed E-state index contributed by atoms with van der Waals surface area (Å²) in [6, 6.07) is 12.2. The number of nitrogens with zero attached hydrogens (tertiary/aromatic N) is 2. The summed E-state index contributed by atoms with van der Waals surface area (Å²) in [5.41, 5.74) is 0.974. The number of rotatable bonds is 4. The number of aliphatic hydroxyl groups is 1. The zero-order valence-electron chi connectivity index (χ0n) is 15.3. The quantitative estimate of drug-likeness (QED) is 0.367. The maximum Gasteiger partial charge on any atom is 1.00 e. The molecule has 0 aromatic heterocycles. The molecule has 3 heterocycles. The molecule has 1 saturated heterocycles. The molecular formula is C19H15N2NaO4S2. The van der Waals surface area contributed by atoms with E-state index >= 15 is 0 Å². The minimum Gasteiger partial charge on any atom is -0.543 e. The Bertz CT molecular complexity index is 1040. The molecule has 1 N–H and O–H groups in total. The molecule has 0 aliphatic carbocycles. The van der Waals surface area contributed by atoms with E-state index in [2.05, 4.69) is 16.4 Å². The SMILES string of the molecule is CC(O)C1C(=O)N2C(C(=O)[O-])=C(CN3Sc4cccc5cccc3c45)SC12.[Na+]. The number of carbonyl (C=O) groups is 2. The van der Waals surface area contributed by atoms with Gasteiger partial charge >= 0.3 is 29.6 Å². The van der Waals surface area contributed by atoms with Crippen molar-refractivity contribution in [1.29, 1.82) is 0 Å². The molecule has 3 atom stereocenters. The molecule has 0 spiro atoms. The summed E-state index contributed by atoms with van der Waals surface area (Å²) in [6.45, 7) is 1.92. The second-order valence-corrected chi connectivity index (χ2v) is 9.08. The van der Waals surface area contributed by atoms with E-state index in [4.69, 9.17) is 0 Å². The molecule has 3 aliphatic heterocycles. The van der Waals surface area contributed by atoms with Crippen LogP contribution in [0.15, 0.2) is 51.9 Å². The van der Waals surface area contributed by atoms with Crippen LogP contribution in [0.3, 0.4) is 0 Å². The van der Waals surface area contributed by atoms with Crippen LogP contribution in [0.25, 0.3) is 10.8 Å². The Hall–Kier alpha value is -1.16. The van der Waals surface area contributed by atoms with Crippen molar-refractivity contribution in [1.82, 2.24) is 4.90 Å². The van der Waals surface area contributed by atoms with E-state index in [1.54, 1.807) is 18.9 Å². The van der Waals surface area contributed by atoms with Crippen LogP contribution in [0.2, 0.25) is 0 Å². The predicted molar refractivity (Wildman–Crippen MR) is 103 cm³/mol. The number of hydrogen-bond donors (Lipinski definition) is 1. The Morgan fingerprint density at radius 3 is 2.68 bits per heavy atom. The minimum absolute atomic E-state index is 0. The third-order valence-electron chi connectivity index (χ3n) is 5.17. The number of thioether (sulfide) groups is 1. The van der Waals surface area contributed by atoms with Gasteiger partial charge in [0.25, 0.3) is 0 Å². The fraction of sp³-hybridized carbons (Fsp3) is 0.263. The van der Waals surface area contributed by atoms with E-state index in [1.165, 1.54) is 16.7 Å². The monoisotopic (exact) mass is 422 g/mol. The zero-order valence-corrected chi connectivity index (χ0v) is 18.9. The van der Waals surface area contributed by atoms with Gasteiger partial charge in [0.1, 0.15) is 5.37 Å². The molecule has 6 nitrogen and oxygen atoms in total. The summed E-state index contributed by atoms with van der Waals surface area (Å²) in [7, 11) is 0. The normalized spacial score (nSPS) is 23.6. The Kier molecular flexibility index (Phi) is 5.22. The van der Waals surface area contributed by atoms with Crippen molar-refractivity contribution in [2.24, 2.45) is 5.92 Å². The van der Waals surface area contributed by atoms with Crippen LogP contribution in [0.4, 0.5) is 5.69 Å². The molecule has 3 unspecified atom stereocenters. The summed E-state index contributed by atoms with van der Waals surface area (Å²) in [4.78, 5) is 27.0. The van der Waals surface area contributed by atoms with Crippen LogP contribution in [0.1, 0.15) is 6.92 Å². The first kappa shape index (κ1) is 20.1. The first-order valence-electron chi connectivity index (χ1n) is 8.57. The van der Waals surface area contributed by atoms with Gasteiger partial charge in [-0.3, -0.25) is 9.69 Å². The molecule has 5 rings (SSSR count). The standard InChI is InChI=1S/C19H16N2O4S2.Na/c1-9(22)14-17(23)21-16(19(24)25)13(26-18(14)21)8-20-11-6-2-4-10-5-3-7-12(27-20)15(10)11;/h2-7,9,14,18,22H,8H2,1H3,(H,24,25);/q;+1/p-1. The first-order chi connectivity index (χ1) is 13.0. The molecular weight excluding hydrogens is 407 g/mol. The van der Waals surface area contributed by atoms with E-state index in [0.29, 0.717) is 11.4 Å². The van der Waals surface area contributed by atoms with Gasteiger partial charge in [-0.05, 0) is 36.4 Å². The van der Waals surface area contributed by atoms with Gasteiger partial charge < -0.3 is 19.3 Å². The van der Waals surface area contributed by atoms with Crippen molar-refractivity contribution in [3.63, 3.8) is 0 Å². The van der Waals surface area contributed by atoms with Gasteiger partial charge in [0.15, 0.2) is 0 Å². The molecule has 3 aliphatic rings. The maximum atomic E-state index is 12.3. The summed E-state index contributed by atoms with van der Waals surface area (Å²) >= 11 is 2.91. The van der Waals surface area contributed by atoms with Crippen LogP contribution in [0, 0.1) is 5.92 Å². The molecule has 138 valence electrons. The molecule has 0 bridgehead atoms. The van der Waals surface area contributed by atoms with Gasteiger partial charge in [0.2, 0.25) is 5.91 Å². The van der Waals surface area contributed by atoms with Crippen molar-refractivity contribution in [2.75, 3.05) is 10.8 Å². The van der Waals surface area contributed by atoms with Crippen molar-refractivity contribution in [3.05, 3.63) is 47.0 Å². The average molecular weight is 422 g/mol. The molecule has 2 aromatic rings. The fourth-order valence-electron chi connectivity index (χ4n) is 3.94. The number of amides is 1. The molecule has 28 heavy (non-hydrogen) atoms. The smallest absolute Gasteiger partial charge is 0.543 e. The molecule has 1 amide bonds. The molecule has 9 heteroatoms. The Morgan fingerprint density at radius 2 is 2.00 bits per heavy atom. The number of fused-ring (bicyclic) bond motifs is 1. The second kappa shape index (κ2) is 7.27. The van der Waals surface area contributed by atoms with Crippen LogP contribution < -0.4 is 39.0 Å². The number of aliphatic hydroxyl groups excluding tert-OH is 1. The number of anilines is 1. The van der Waals surface area contributed by atoms with E-state index in [9.17, 15) is 19.8 Å². The van der Waals surface area contributed by atoms with Gasteiger partial charge in [-0.15, -0.1) is 0 Å². The van der Waals surface area contributed by atoms with E-state index in [1.807, 2.05) is 24.3 Å². The van der Waals surface area contributed by atoms with Crippen molar-refractivity contribution in [3.8, 4) is 0 Å².